The fourth-order valence-corrected chi connectivity index (χ4v) is 4.65. The second-order valence-corrected chi connectivity index (χ2v) is 8.51. The summed E-state index contributed by atoms with van der Waals surface area (Å²) >= 11 is 0. The molecule has 1 heterocycles. The van der Waals surface area contributed by atoms with E-state index in [2.05, 4.69) is 60.4 Å². The van der Waals surface area contributed by atoms with Gasteiger partial charge in [0.1, 0.15) is 18.1 Å². The number of hydrogen-bond acceptors (Lipinski definition) is 5. The molecule has 5 nitrogen and oxygen atoms in total. The molecule has 3 aromatic carbocycles. The Labute approximate surface area is 196 Å². The van der Waals surface area contributed by atoms with Crippen LogP contribution >= 0.6 is 0 Å². The third-order valence-electron chi connectivity index (χ3n) is 6.55. The van der Waals surface area contributed by atoms with Crippen LogP contribution in [0.15, 0.2) is 84.0 Å². The summed E-state index contributed by atoms with van der Waals surface area (Å²) in [5.41, 5.74) is 4.66. The molecule has 0 bridgehead atoms. The highest BCUT2D eigenvalue weighted by Crippen LogP contribution is 2.43. The molecule has 0 radical (unpaired) electrons. The third kappa shape index (κ3) is 5.20. The molecule has 0 spiro atoms. The fourth-order valence-electron chi connectivity index (χ4n) is 4.65. The van der Waals surface area contributed by atoms with Crippen LogP contribution in [0.4, 0.5) is 0 Å². The van der Waals surface area contributed by atoms with E-state index in [9.17, 15) is 0 Å². The minimum atomic E-state index is 0.163. The van der Waals surface area contributed by atoms with E-state index in [4.69, 9.17) is 14.3 Å². The van der Waals surface area contributed by atoms with Crippen LogP contribution < -0.4 is 9.47 Å². The lowest BCUT2D eigenvalue weighted by atomic mass is 9.80. The van der Waals surface area contributed by atoms with Gasteiger partial charge in [0.15, 0.2) is 0 Å². The molecule has 0 N–H and O–H groups in total. The Morgan fingerprint density at radius 1 is 0.818 bits per heavy atom. The molecule has 172 valence electrons. The van der Waals surface area contributed by atoms with Gasteiger partial charge in [-0.2, -0.15) is 0 Å². The maximum atomic E-state index is 5.84. The molecule has 0 aromatic heterocycles. The first-order valence-electron chi connectivity index (χ1n) is 11.3. The average Bonchev–Trinajstić information content (AvgIpc) is 2.86. The molecule has 33 heavy (non-hydrogen) atoms. The predicted molar refractivity (Wildman–Crippen MR) is 132 cm³/mol. The number of ether oxygens (including phenoxy) is 2. The molecule has 0 amide bonds. The summed E-state index contributed by atoms with van der Waals surface area (Å²) < 4.78 is 10.7. The lowest BCUT2D eigenvalue weighted by molar-refractivity contribution is 0.105. The van der Waals surface area contributed by atoms with Crippen molar-refractivity contribution in [2.24, 2.45) is 11.1 Å². The lowest BCUT2D eigenvalue weighted by Gasteiger charge is -2.44. The molecular weight excluding hydrogens is 412 g/mol. The number of rotatable bonds is 7. The summed E-state index contributed by atoms with van der Waals surface area (Å²) in [6.45, 7) is 2.70. The van der Waals surface area contributed by atoms with E-state index in [1.54, 1.807) is 14.2 Å². The van der Waals surface area contributed by atoms with Gasteiger partial charge in [-0.1, -0.05) is 66.7 Å². The van der Waals surface area contributed by atoms with Crippen molar-refractivity contribution in [1.29, 1.82) is 0 Å². The number of likely N-dealkylation sites (tertiary alicyclic amines) is 1. The van der Waals surface area contributed by atoms with E-state index in [1.807, 2.05) is 42.5 Å². The van der Waals surface area contributed by atoms with Crippen LogP contribution in [-0.4, -0.2) is 31.9 Å². The molecule has 3 aromatic rings. The summed E-state index contributed by atoms with van der Waals surface area (Å²) in [4.78, 5) is 8.28. The molecule has 1 aliphatic rings. The molecule has 1 fully saturated rings. The van der Waals surface area contributed by atoms with Gasteiger partial charge in [0.2, 0.25) is 0 Å². The quantitative estimate of drug-likeness (QED) is 0.417. The zero-order valence-corrected chi connectivity index (χ0v) is 19.8. The molecule has 1 saturated heterocycles. The second kappa shape index (κ2) is 10.5. The standard InChI is InChI=1S/C28H32N2O3/c1-20-26(29-33-19-21-8-6-5-7-9-21)18-27(22-10-14-24(31-3)15-11-22)30(2)28(20)23-12-16-25(32-4)17-13-23/h5-17,20,27-28H,18-19H2,1-4H3/b29-26+/t20-,27+,28-/m0/s1. The second-order valence-electron chi connectivity index (χ2n) is 8.51. The molecule has 4 rings (SSSR count). The van der Waals surface area contributed by atoms with Gasteiger partial charge in [0.25, 0.3) is 0 Å². The zero-order valence-electron chi connectivity index (χ0n) is 19.8. The monoisotopic (exact) mass is 444 g/mol. The van der Waals surface area contributed by atoms with Crippen molar-refractivity contribution in [3.8, 4) is 11.5 Å². The number of nitrogens with zero attached hydrogens (tertiary/aromatic N) is 2. The highest BCUT2D eigenvalue weighted by molar-refractivity contribution is 5.88. The van der Waals surface area contributed by atoms with E-state index in [1.165, 1.54) is 11.1 Å². The molecular formula is C28H32N2O3. The van der Waals surface area contributed by atoms with Crippen molar-refractivity contribution >= 4 is 5.71 Å². The minimum absolute atomic E-state index is 0.163. The Balaban J connectivity index is 1.64. The summed E-state index contributed by atoms with van der Waals surface area (Å²) in [6.07, 6.45) is 0.811. The van der Waals surface area contributed by atoms with Crippen molar-refractivity contribution in [3.05, 3.63) is 95.6 Å². The van der Waals surface area contributed by atoms with E-state index in [0.717, 1.165) is 29.2 Å². The third-order valence-corrected chi connectivity index (χ3v) is 6.55. The maximum absolute atomic E-state index is 5.84. The van der Waals surface area contributed by atoms with Crippen molar-refractivity contribution in [2.75, 3.05) is 21.3 Å². The van der Waals surface area contributed by atoms with Gasteiger partial charge in [0.05, 0.1) is 19.9 Å². The van der Waals surface area contributed by atoms with E-state index in [0.29, 0.717) is 6.61 Å². The van der Waals surface area contributed by atoms with Gasteiger partial charge in [-0.3, -0.25) is 4.90 Å². The smallest absolute Gasteiger partial charge is 0.142 e. The number of oxime groups is 1. The van der Waals surface area contributed by atoms with Crippen LogP contribution in [0.25, 0.3) is 0 Å². The summed E-state index contributed by atoms with van der Waals surface area (Å²) in [5, 5.41) is 4.65. The minimum Gasteiger partial charge on any atom is -0.497 e. The first kappa shape index (κ1) is 22.9. The SMILES string of the molecule is COc1ccc([C@H]2C/C(=N\OCc3ccccc3)[C@H](C)[C@@H](c3ccc(OC)cc3)N2C)cc1. The summed E-state index contributed by atoms with van der Waals surface area (Å²) in [6, 6.07) is 27.2. The predicted octanol–water partition coefficient (Wildman–Crippen LogP) is 6.03. The molecule has 0 saturated carbocycles. The molecule has 5 heteroatoms. The van der Waals surface area contributed by atoms with Crippen LogP contribution in [0.3, 0.4) is 0 Å². The number of benzene rings is 3. The first-order chi connectivity index (χ1) is 16.1. The normalized spacial score (nSPS) is 22.2. The lowest BCUT2D eigenvalue weighted by Crippen LogP contribution is -2.42. The highest BCUT2D eigenvalue weighted by Gasteiger charge is 2.38. The van der Waals surface area contributed by atoms with E-state index < -0.39 is 0 Å². The van der Waals surface area contributed by atoms with Gasteiger partial charge < -0.3 is 14.3 Å². The van der Waals surface area contributed by atoms with Crippen LogP contribution in [-0.2, 0) is 11.4 Å². The fraction of sp³-hybridized carbons (Fsp3) is 0.321. The van der Waals surface area contributed by atoms with Gasteiger partial charge in [-0.05, 0) is 48.0 Å². The average molecular weight is 445 g/mol. The molecule has 0 unspecified atom stereocenters. The van der Waals surface area contributed by atoms with Crippen molar-refractivity contribution in [3.63, 3.8) is 0 Å². The molecule has 3 atom stereocenters. The number of methoxy groups -OCH3 is 2. The van der Waals surface area contributed by atoms with E-state index in [-0.39, 0.29) is 18.0 Å². The molecule has 0 aliphatic carbocycles. The van der Waals surface area contributed by atoms with Gasteiger partial charge in [-0.15, -0.1) is 0 Å². The highest BCUT2D eigenvalue weighted by atomic mass is 16.6. The van der Waals surface area contributed by atoms with Crippen molar-refractivity contribution < 1.29 is 14.3 Å². The topological polar surface area (TPSA) is 43.3 Å². The Morgan fingerprint density at radius 2 is 1.39 bits per heavy atom. The van der Waals surface area contributed by atoms with Crippen LogP contribution in [0.2, 0.25) is 0 Å². The number of piperidine rings is 1. The number of hydrogen-bond donors (Lipinski definition) is 0. The van der Waals surface area contributed by atoms with Gasteiger partial charge in [-0.25, -0.2) is 0 Å². The van der Waals surface area contributed by atoms with Gasteiger partial charge in [0, 0.05) is 24.4 Å². The van der Waals surface area contributed by atoms with Crippen LogP contribution in [0.1, 0.15) is 42.1 Å². The largest absolute Gasteiger partial charge is 0.497 e. The van der Waals surface area contributed by atoms with Crippen molar-refractivity contribution in [1.82, 2.24) is 4.90 Å². The Morgan fingerprint density at radius 3 is 1.97 bits per heavy atom. The summed E-state index contributed by atoms with van der Waals surface area (Å²) in [5.74, 6) is 1.92. The van der Waals surface area contributed by atoms with Crippen LogP contribution in [0, 0.1) is 5.92 Å². The summed E-state index contributed by atoms with van der Waals surface area (Å²) in [7, 11) is 5.58. The van der Waals surface area contributed by atoms with Crippen molar-refractivity contribution in [2.45, 2.75) is 32.0 Å². The molecule has 1 aliphatic heterocycles. The zero-order chi connectivity index (χ0) is 23.2. The maximum Gasteiger partial charge on any atom is 0.142 e. The first-order valence-corrected chi connectivity index (χ1v) is 11.3. The van der Waals surface area contributed by atoms with Gasteiger partial charge >= 0.3 is 0 Å². The Hall–Kier alpha value is -3.31. The Kier molecular flexibility index (Phi) is 7.30. The van der Waals surface area contributed by atoms with Crippen LogP contribution in [0.5, 0.6) is 11.5 Å². The van der Waals surface area contributed by atoms with E-state index >= 15 is 0 Å². The Bertz CT molecular complexity index is 1050.